The van der Waals surface area contributed by atoms with Gasteiger partial charge in [0.05, 0.1) is 11.4 Å². The fraction of sp³-hybridized carbons (Fsp3) is 0.571. The Kier molecular flexibility index (Phi) is 2.70. The molecule has 0 aliphatic carbocycles. The van der Waals surface area contributed by atoms with Crippen molar-refractivity contribution in [3.8, 4) is 0 Å². The van der Waals surface area contributed by atoms with E-state index in [2.05, 4.69) is 5.16 Å². The van der Waals surface area contributed by atoms with Gasteiger partial charge in [-0.25, -0.2) is 0 Å². The molecule has 0 amide bonds. The standard InChI is InChI=1S/C7H10FNO3S/c1-5-7(6(2)12-9-5)3-4-13(8,10)11/h3-4H2,1-2H3. The molecule has 0 atom stereocenters. The molecule has 0 saturated carbocycles. The zero-order valence-corrected chi connectivity index (χ0v) is 8.19. The van der Waals surface area contributed by atoms with Crippen molar-refractivity contribution in [2.45, 2.75) is 20.3 Å². The van der Waals surface area contributed by atoms with Crippen LogP contribution in [-0.2, 0) is 16.6 Å². The third kappa shape index (κ3) is 2.80. The molecule has 0 N–H and O–H groups in total. The van der Waals surface area contributed by atoms with Crippen LogP contribution in [-0.4, -0.2) is 19.3 Å². The van der Waals surface area contributed by atoms with E-state index >= 15 is 0 Å². The highest BCUT2D eigenvalue weighted by Crippen LogP contribution is 2.13. The number of hydrogen-bond acceptors (Lipinski definition) is 4. The molecule has 0 bridgehead atoms. The van der Waals surface area contributed by atoms with Crippen molar-refractivity contribution in [1.82, 2.24) is 5.16 Å². The van der Waals surface area contributed by atoms with E-state index in [1.165, 1.54) is 0 Å². The summed E-state index contributed by atoms with van der Waals surface area (Å²) in [6.07, 6.45) is 0.111. The molecule has 13 heavy (non-hydrogen) atoms. The van der Waals surface area contributed by atoms with Crippen LogP contribution >= 0.6 is 0 Å². The second kappa shape index (κ2) is 3.45. The van der Waals surface area contributed by atoms with Gasteiger partial charge in [0.2, 0.25) is 0 Å². The van der Waals surface area contributed by atoms with Crippen molar-refractivity contribution in [1.29, 1.82) is 0 Å². The lowest BCUT2D eigenvalue weighted by molar-refractivity contribution is 0.392. The first-order valence-corrected chi connectivity index (χ1v) is 5.29. The Bertz CT molecular complexity index is 376. The molecule has 0 aromatic carbocycles. The zero-order valence-electron chi connectivity index (χ0n) is 7.37. The molecular weight excluding hydrogens is 197 g/mol. The number of aromatic nitrogens is 1. The monoisotopic (exact) mass is 207 g/mol. The van der Waals surface area contributed by atoms with Crippen LogP contribution in [0.4, 0.5) is 3.89 Å². The Hall–Kier alpha value is -0.910. The summed E-state index contributed by atoms with van der Waals surface area (Å²) in [6, 6.07) is 0. The minimum Gasteiger partial charge on any atom is -0.361 e. The topological polar surface area (TPSA) is 60.2 Å². The molecule has 0 radical (unpaired) electrons. The van der Waals surface area contributed by atoms with Crippen molar-refractivity contribution in [2.24, 2.45) is 0 Å². The van der Waals surface area contributed by atoms with Crippen LogP contribution in [0.3, 0.4) is 0 Å². The van der Waals surface area contributed by atoms with Crippen LogP contribution < -0.4 is 0 Å². The van der Waals surface area contributed by atoms with Gasteiger partial charge < -0.3 is 4.52 Å². The van der Waals surface area contributed by atoms with Crippen LogP contribution in [0.25, 0.3) is 0 Å². The maximum absolute atomic E-state index is 12.2. The SMILES string of the molecule is Cc1noc(C)c1CCS(=O)(=O)F. The third-order valence-corrected chi connectivity index (χ3v) is 2.47. The molecule has 1 aromatic heterocycles. The van der Waals surface area contributed by atoms with Crippen LogP contribution in [0.1, 0.15) is 17.0 Å². The molecule has 1 rings (SSSR count). The molecule has 74 valence electrons. The minimum atomic E-state index is -4.40. The van der Waals surface area contributed by atoms with Gasteiger partial charge in [-0.05, 0) is 20.3 Å². The van der Waals surface area contributed by atoms with E-state index in [1.54, 1.807) is 13.8 Å². The fourth-order valence-corrected chi connectivity index (χ4v) is 1.53. The normalized spacial score (nSPS) is 11.9. The lowest BCUT2D eigenvalue weighted by Gasteiger charge is -1.95. The summed E-state index contributed by atoms with van der Waals surface area (Å²) in [6.45, 7) is 3.36. The molecule has 4 nitrogen and oxygen atoms in total. The summed E-state index contributed by atoms with van der Waals surface area (Å²) < 4.78 is 37.4. The third-order valence-electron chi connectivity index (χ3n) is 1.78. The van der Waals surface area contributed by atoms with Gasteiger partial charge in [-0.15, -0.1) is 3.89 Å². The van der Waals surface area contributed by atoms with E-state index in [0.717, 1.165) is 0 Å². The van der Waals surface area contributed by atoms with Crippen molar-refractivity contribution in [3.05, 3.63) is 17.0 Å². The highest BCUT2D eigenvalue weighted by atomic mass is 32.3. The largest absolute Gasteiger partial charge is 0.361 e. The lowest BCUT2D eigenvalue weighted by atomic mass is 10.1. The molecule has 0 aliphatic heterocycles. The maximum Gasteiger partial charge on any atom is 0.302 e. The van der Waals surface area contributed by atoms with Crippen molar-refractivity contribution in [3.63, 3.8) is 0 Å². The van der Waals surface area contributed by atoms with Gasteiger partial charge >= 0.3 is 10.2 Å². The van der Waals surface area contributed by atoms with Gasteiger partial charge in [-0.2, -0.15) is 8.42 Å². The van der Waals surface area contributed by atoms with Gasteiger partial charge in [-0.1, -0.05) is 5.16 Å². The molecule has 0 saturated heterocycles. The molecule has 0 fully saturated rings. The second-order valence-electron chi connectivity index (χ2n) is 2.80. The molecule has 6 heteroatoms. The summed E-state index contributed by atoms with van der Waals surface area (Å²) in [5.74, 6) is 0.0248. The average molecular weight is 207 g/mol. The Labute approximate surface area is 75.9 Å². The number of aryl methyl sites for hydroxylation is 2. The van der Waals surface area contributed by atoms with Crippen molar-refractivity contribution >= 4 is 10.2 Å². The predicted molar refractivity (Wildman–Crippen MR) is 44.6 cm³/mol. The Morgan fingerprint density at radius 3 is 2.46 bits per heavy atom. The van der Waals surface area contributed by atoms with E-state index in [4.69, 9.17) is 4.52 Å². The van der Waals surface area contributed by atoms with E-state index in [-0.39, 0.29) is 6.42 Å². The van der Waals surface area contributed by atoms with E-state index < -0.39 is 16.0 Å². The fourth-order valence-electron chi connectivity index (χ4n) is 1.08. The van der Waals surface area contributed by atoms with Gasteiger partial charge in [0, 0.05) is 5.56 Å². The molecule has 1 aromatic rings. The van der Waals surface area contributed by atoms with Crippen molar-refractivity contribution in [2.75, 3.05) is 5.75 Å². The Morgan fingerprint density at radius 2 is 2.08 bits per heavy atom. The Balaban J connectivity index is 2.75. The van der Waals surface area contributed by atoms with Gasteiger partial charge in [0.25, 0.3) is 0 Å². The second-order valence-corrected chi connectivity index (χ2v) is 4.28. The average Bonchev–Trinajstić information content (AvgIpc) is 2.27. The molecule has 0 aliphatic rings. The summed E-state index contributed by atoms with van der Waals surface area (Å²) in [4.78, 5) is 0. The first kappa shape index (κ1) is 10.2. The number of rotatable bonds is 3. The number of hydrogen-bond donors (Lipinski definition) is 0. The number of halogens is 1. The Morgan fingerprint density at radius 1 is 1.46 bits per heavy atom. The smallest absolute Gasteiger partial charge is 0.302 e. The van der Waals surface area contributed by atoms with Gasteiger partial charge in [0.15, 0.2) is 0 Å². The number of nitrogens with zero attached hydrogens (tertiary/aromatic N) is 1. The van der Waals surface area contributed by atoms with Gasteiger partial charge in [-0.3, -0.25) is 0 Å². The maximum atomic E-state index is 12.2. The minimum absolute atomic E-state index is 0.111. The highest BCUT2D eigenvalue weighted by Gasteiger charge is 2.13. The van der Waals surface area contributed by atoms with Crippen molar-refractivity contribution < 1.29 is 16.8 Å². The van der Waals surface area contributed by atoms with E-state index in [9.17, 15) is 12.3 Å². The summed E-state index contributed by atoms with van der Waals surface area (Å²) in [5.41, 5.74) is 1.28. The van der Waals surface area contributed by atoms with E-state index in [1.807, 2.05) is 0 Å². The summed E-state index contributed by atoms with van der Waals surface area (Å²) in [5, 5.41) is 3.62. The molecular formula is C7H10FNO3S. The lowest BCUT2D eigenvalue weighted by Crippen LogP contribution is -2.03. The van der Waals surface area contributed by atoms with Gasteiger partial charge in [0.1, 0.15) is 5.76 Å². The summed E-state index contributed by atoms with van der Waals surface area (Å²) in [7, 11) is -4.40. The van der Waals surface area contributed by atoms with E-state index in [0.29, 0.717) is 17.0 Å². The first-order valence-electron chi connectivity index (χ1n) is 3.74. The molecule has 0 unspecified atom stereocenters. The summed E-state index contributed by atoms with van der Waals surface area (Å²) >= 11 is 0. The predicted octanol–water partition coefficient (Wildman–Crippen LogP) is 1.13. The highest BCUT2D eigenvalue weighted by molar-refractivity contribution is 7.86. The van der Waals surface area contributed by atoms with Crippen LogP contribution in [0.2, 0.25) is 0 Å². The van der Waals surface area contributed by atoms with Crippen LogP contribution in [0.5, 0.6) is 0 Å². The van der Waals surface area contributed by atoms with Crippen LogP contribution in [0, 0.1) is 13.8 Å². The first-order chi connectivity index (χ1) is 5.90. The molecule has 0 spiro atoms. The zero-order chi connectivity index (χ0) is 10.1. The quantitative estimate of drug-likeness (QED) is 0.697. The molecule has 1 heterocycles. The van der Waals surface area contributed by atoms with Crippen LogP contribution in [0.15, 0.2) is 4.52 Å².